The number of H-pyrrole nitrogens is 1. The Kier molecular flexibility index (Phi) is 2.03. The van der Waals surface area contributed by atoms with E-state index in [4.69, 9.17) is 0 Å². The van der Waals surface area contributed by atoms with Crippen molar-refractivity contribution in [3.05, 3.63) is 54.2 Å². The van der Waals surface area contributed by atoms with E-state index in [0.717, 1.165) is 6.54 Å². The van der Waals surface area contributed by atoms with Gasteiger partial charge in [-0.3, -0.25) is 0 Å². The molecule has 16 heavy (non-hydrogen) atoms. The Bertz CT molecular complexity index is 605. The molecule has 3 rings (SSSR count). The zero-order valence-electron chi connectivity index (χ0n) is 9.14. The molecule has 0 aliphatic heterocycles. The summed E-state index contributed by atoms with van der Waals surface area (Å²) < 4.78 is 2.07. The van der Waals surface area contributed by atoms with Crippen LogP contribution in [0.15, 0.2) is 43.1 Å². The number of imidazole rings is 1. The molecule has 0 unspecified atom stereocenters. The standard InChI is InChI=1S/C13H13N3/c1-10-3-2-4-12-11(7-15-13(10)12)8-16-6-5-14-9-16/h2-7,9,15H,8H2,1H3. The smallest absolute Gasteiger partial charge is 0.0949 e. The quantitative estimate of drug-likeness (QED) is 0.694. The van der Waals surface area contributed by atoms with Crippen LogP contribution in [0.25, 0.3) is 10.9 Å². The lowest BCUT2D eigenvalue weighted by molar-refractivity contribution is 0.802. The van der Waals surface area contributed by atoms with Crippen LogP contribution in [0, 0.1) is 6.92 Å². The van der Waals surface area contributed by atoms with E-state index in [1.165, 1.54) is 22.0 Å². The summed E-state index contributed by atoms with van der Waals surface area (Å²) >= 11 is 0. The molecule has 2 aromatic heterocycles. The van der Waals surface area contributed by atoms with Gasteiger partial charge in [-0.25, -0.2) is 4.98 Å². The van der Waals surface area contributed by atoms with Gasteiger partial charge in [-0.1, -0.05) is 18.2 Å². The number of hydrogen-bond donors (Lipinski definition) is 1. The molecular formula is C13H13N3. The lowest BCUT2D eigenvalue weighted by Gasteiger charge is -2.01. The fraction of sp³-hybridized carbons (Fsp3) is 0.154. The first kappa shape index (κ1) is 9.21. The van der Waals surface area contributed by atoms with E-state index in [0.29, 0.717) is 0 Å². The molecule has 2 heterocycles. The molecule has 0 aliphatic rings. The van der Waals surface area contributed by atoms with E-state index < -0.39 is 0 Å². The zero-order valence-corrected chi connectivity index (χ0v) is 9.14. The molecule has 3 nitrogen and oxygen atoms in total. The van der Waals surface area contributed by atoms with Gasteiger partial charge in [0.05, 0.1) is 12.9 Å². The van der Waals surface area contributed by atoms with Gasteiger partial charge in [-0.15, -0.1) is 0 Å². The summed E-state index contributed by atoms with van der Waals surface area (Å²) in [6.07, 6.45) is 7.71. The van der Waals surface area contributed by atoms with Gasteiger partial charge in [-0.2, -0.15) is 0 Å². The van der Waals surface area contributed by atoms with Crippen LogP contribution in [-0.4, -0.2) is 14.5 Å². The molecule has 3 heteroatoms. The Morgan fingerprint density at radius 3 is 3.12 bits per heavy atom. The van der Waals surface area contributed by atoms with Crippen LogP contribution in [0.2, 0.25) is 0 Å². The fourth-order valence-corrected chi connectivity index (χ4v) is 2.07. The van der Waals surface area contributed by atoms with Crippen LogP contribution < -0.4 is 0 Å². The summed E-state index contributed by atoms with van der Waals surface area (Å²) in [4.78, 5) is 7.39. The monoisotopic (exact) mass is 211 g/mol. The molecule has 0 saturated heterocycles. The van der Waals surface area contributed by atoms with Gasteiger partial charge >= 0.3 is 0 Å². The number of nitrogens with one attached hydrogen (secondary N) is 1. The van der Waals surface area contributed by atoms with Gasteiger partial charge < -0.3 is 9.55 Å². The van der Waals surface area contributed by atoms with Crippen molar-refractivity contribution in [3.63, 3.8) is 0 Å². The molecule has 80 valence electrons. The molecule has 0 bridgehead atoms. The third kappa shape index (κ3) is 1.41. The molecule has 0 amide bonds. The molecule has 0 atom stereocenters. The molecule has 0 aliphatic carbocycles. The maximum Gasteiger partial charge on any atom is 0.0949 e. The molecule has 0 radical (unpaired) electrons. The number of nitrogens with zero attached hydrogens (tertiary/aromatic N) is 2. The first-order valence-corrected chi connectivity index (χ1v) is 5.36. The van der Waals surface area contributed by atoms with Crippen LogP contribution in [0.1, 0.15) is 11.1 Å². The summed E-state index contributed by atoms with van der Waals surface area (Å²) in [7, 11) is 0. The second-order valence-electron chi connectivity index (χ2n) is 4.05. The predicted molar refractivity (Wildman–Crippen MR) is 64.4 cm³/mol. The van der Waals surface area contributed by atoms with Crippen molar-refractivity contribution in [2.75, 3.05) is 0 Å². The largest absolute Gasteiger partial charge is 0.361 e. The maximum absolute atomic E-state index is 4.05. The van der Waals surface area contributed by atoms with Crippen LogP contribution in [0.5, 0.6) is 0 Å². The average molecular weight is 211 g/mol. The number of para-hydroxylation sites is 1. The Balaban J connectivity index is 2.08. The minimum Gasteiger partial charge on any atom is -0.361 e. The summed E-state index contributed by atoms with van der Waals surface area (Å²) in [5.74, 6) is 0. The first-order valence-electron chi connectivity index (χ1n) is 5.36. The van der Waals surface area contributed by atoms with Gasteiger partial charge in [0.2, 0.25) is 0 Å². The second-order valence-corrected chi connectivity index (χ2v) is 4.05. The summed E-state index contributed by atoms with van der Waals surface area (Å²) in [6, 6.07) is 6.38. The topological polar surface area (TPSA) is 33.6 Å². The molecule has 1 N–H and O–H groups in total. The lowest BCUT2D eigenvalue weighted by Crippen LogP contribution is -1.94. The highest BCUT2D eigenvalue weighted by molar-refractivity contribution is 5.85. The number of hydrogen-bond acceptors (Lipinski definition) is 1. The highest BCUT2D eigenvalue weighted by Crippen LogP contribution is 2.21. The average Bonchev–Trinajstić information content (AvgIpc) is 2.90. The molecular weight excluding hydrogens is 198 g/mol. The minimum atomic E-state index is 0.865. The van der Waals surface area contributed by atoms with Crippen LogP contribution in [0.3, 0.4) is 0 Å². The first-order chi connectivity index (χ1) is 7.84. The fourth-order valence-electron chi connectivity index (χ4n) is 2.07. The van der Waals surface area contributed by atoms with Gasteiger partial charge in [0.1, 0.15) is 0 Å². The van der Waals surface area contributed by atoms with Crippen molar-refractivity contribution in [2.24, 2.45) is 0 Å². The van der Waals surface area contributed by atoms with E-state index in [1.54, 1.807) is 6.20 Å². The van der Waals surface area contributed by atoms with Gasteiger partial charge in [-0.05, 0) is 18.1 Å². The van der Waals surface area contributed by atoms with Crippen molar-refractivity contribution in [1.82, 2.24) is 14.5 Å². The van der Waals surface area contributed by atoms with Crippen molar-refractivity contribution < 1.29 is 0 Å². The number of aryl methyl sites for hydroxylation is 1. The summed E-state index contributed by atoms with van der Waals surface area (Å²) in [6.45, 7) is 2.99. The molecule has 0 saturated carbocycles. The third-order valence-electron chi connectivity index (χ3n) is 2.92. The van der Waals surface area contributed by atoms with Gasteiger partial charge in [0.25, 0.3) is 0 Å². The molecule has 0 spiro atoms. The van der Waals surface area contributed by atoms with Crippen molar-refractivity contribution >= 4 is 10.9 Å². The van der Waals surface area contributed by atoms with E-state index in [9.17, 15) is 0 Å². The highest BCUT2D eigenvalue weighted by atomic mass is 15.0. The minimum absolute atomic E-state index is 0.865. The van der Waals surface area contributed by atoms with E-state index in [2.05, 4.69) is 45.9 Å². The summed E-state index contributed by atoms with van der Waals surface area (Å²) in [5, 5.41) is 1.30. The highest BCUT2D eigenvalue weighted by Gasteiger charge is 2.05. The van der Waals surface area contributed by atoms with E-state index in [-0.39, 0.29) is 0 Å². The Hall–Kier alpha value is -2.03. The molecule has 3 aromatic rings. The number of rotatable bonds is 2. The van der Waals surface area contributed by atoms with E-state index in [1.807, 2.05) is 12.5 Å². The Labute approximate surface area is 93.7 Å². The second kappa shape index (κ2) is 3.52. The number of aromatic nitrogens is 3. The summed E-state index contributed by atoms with van der Waals surface area (Å²) in [5.41, 5.74) is 3.82. The van der Waals surface area contributed by atoms with Crippen molar-refractivity contribution in [3.8, 4) is 0 Å². The van der Waals surface area contributed by atoms with Crippen LogP contribution in [0.4, 0.5) is 0 Å². The zero-order chi connectivity index (χ0) is 11.0. The number of aromatic amines is 1. The van der Waals surface area contributed by atoms with Gasteiger partial charge in [0, 0.05) is 29.5 Å². The SMILES string of the molecule is Cc1cccc2c(Cn3ccnc3)c[nH]c12. The van der Waals surface area contributed by atoms with Crippen molar-refractivity contribution in [1.29, 1.82) is 0 Å². The molecule has 0 fully saturated rings. The van der Waals surface area contributed by atoms with E-state index >= 15 is 0 Å². The Morgan fingerprint density at radius 1 is 1.38 bits per heavy atom. The van der Waals surface area contributed by atoms with Crippen molar-refractivity contribution in [2.45, 2.75) is 13.5 Å². The normalized spacial score (nSPS) is 11.1. The number of fused-ring (bicyclic) bond motifs is 1. The van der Waals surface area contributed by atoms with Crippen LogP contribution >= 0.6 is 0 Å². The lowest BCUT2D eigenvalue weighted by atomic mass is 10.1. The predicted octanol–water partition coefficient (Wildman–Crippen LogP) is 2.72. The van der Waals surface area contributed by atoms with Gasteiger partial charge in [0.15, 0.2) is 0 Å². The maximum atomic E-state index is 4.05. The number of benzene rings is 1. The van der Waals surface area contributed by atoms with Crippen LogP contribution in [-0.2, 0) is 6.54 Å². The Morgan fingerprint density at radius 2 is 2.31 bits per heavy atom. The molecule has 1 aromatic carbocycles. The third-order valence-corrected chi connectivity index (χ3v) is 2.92.